The second kappa shape index (κ2) is 5.50. The Morgan fingerprint density at radius 2 is 1.94 bits per heavy atom. The Labute approximate surface area is 128 Å². The molecule has 2 aromatic rings. The van der Waals surface area contributed by atoms with Crippen molar-refractivity contribution in [1.29, 1.82) is 0 Å². The van der Waals surface area contributed by atoms with Crippen molar-refractivity contribution in [3.05, 3.63) is 54.1 Å². The molecule has 0 aliphatic heterocycles. The Balaban J connectivity index is 2.43. The summed E-state index contributed by atoms with van der Waals surface area (Å²) in [6.07, 6.45) is 0. The molecular formula is C12H8BrCl3S. The minimum Gasteiger partial charge on any atom is -0.143 e. The zero-order valence-electron chi connectivity index (χ0n) is 8.81. The van der Waals surface area contributed by atoms with E-state index in [4.69, 9.17) is 34.8 Å². The van der Waals surface area contributed by atoms with Crippen molar-refractivity contribution in [2.24, 2.45) is 0 Å². The molecule has 1 unspecified atom stereocenters. The molecular weight excluding hydrogens is 362 g/mol. The van der Waals surface area contributed by atoms with E-state index in [0.29, 0.717) is 10.0 Å². The van der Waals surface area contributed by atoms with Gasteiger partial charge in [-0.15, -0.1) is 22.9 Å². The molecule has 1 aromatic carbocycles. The van der Waals surface area contributed by atoms with Crippen LogP contribution in [-0.2, 0) is 0 Å². The number of hydrogen-bond donors (Lipinski definition) is 0. The van der Waals surface area contributed by atoms with Crippen molar-refractivity contribution in [1.82, 2.24) is 0 Å². The molecule has 1 aromatic heterocycles. The van der Waals surface area contributed by atoms with Crippen LogP contribution in [0.2, 0.25) is 10.0 Å². The molecule has 0 N–H and O–H groups in total. The normalized spacial score (nSPS) is 12.8. The highest BCUT2D eigenvalue weighted by Gasteiger charge is 2.19. The first-order chi connectivity index (χ1) is 7.99. The Hall–Kier alpha value is 0.270. The SMILES string of the molecule is Cc1cc(Br)c(C(Cl)c2ccc(Cl)cc2Cl)s1. The van der Waals surface area contributed by atoms with Crippen molar-refractivity contribution >= 4 is 62.1 Å². The van der Waals surface area contributed by atoms with Crippen LogP contribution >= 0.6 is 62.1 Å². The van der Waals surface area contributed by atoms with Crippen LogP contribution in [0, 0.1) is 6.92 Å². The van der Waals surface area contributed by atoms with Crippen LogP contribution < -0.4 is 0 Å². The summed E-state index contributed by atoms with van der Waals surface area (Å²) >= 11 is 23.7. The monoisotopic (exact) mass is 368 g/mol. The lowest BCUT2D eigenvalue weighted by atomic mass is 10.1. The number of benzene rings is 1. The fourth-order valence-corrected chi connectivity index (χ4v) is 4.55. The first-order valence-electron chi connectivity index (χ1n) is 4.84. The Morgan fingerprint density at radius 1 is 1.24 bits per heavy atom. The van der Waals surface area contributed by atoms with Gasteiger partial charge < -0.3 is 0 Å². The van der Waals surface area contributed by atoms with Gasteiger partial charge in [-0.05, 0) is 46.6 Å². The molecule has 0 amide bonds. The van der Waals surface area contributed by atoms with Gasteiger partial charge in [0.25, 0.3) is 0 Å². The molecule has 5 heteroatoms. The van der Waals surface area contributed by atoms with Gasteiger partial charge >= 0.3 is 0 Å². The van der Waals surface area contributed by atoms with Gasteiger partial charge in [0.15, 0.2) is 0 Å². The molecule has 90 valence electrons. The van der Waals surface area contributed by atoms with Crippen molar-refractivity contribution in [2.75, 3.05) is 0 Å². The third-order valence-electron chi connectivity index (χ3n) is 2.30. The molecule has 0 saturated heterocycles. The van der Waals surface area contributed by atoms with Gasteiger partial charge in [-0.3, -0.25) is 0 Å². The van der Waals surface area contributed by atoms with Gasteiger partial charge in [0.2, 0.25) is 0 Å². The van der Waals surface area contributed by atoms with Crippen LogP contribution in [0.3, 0.4) is 0 Å². The molecule has 0 fully saturated rings. The average Bonchev–Trinajstić information content (AvgIpc) is 2.57. The van der Waals surface area contributed by atoms with E-state index in [2.05, 4.69) is 22.0 Å². The highest BCUT2D eigenvalue weighted by molar-refractivity contribution is 9.10. The number of halogens is 4. The van der Waals surface area contributed by atoms with Gasteiger partial charge in [0.1, 0.15) is 0 Å². The predicted molar refractivity (Wildman–Crippen MR) is 80.9 cm³/mol. The molecule has 0 aliphatic rings. The summed E-state index contributed by atoms with van der Waals surface area (Å²) in [6, 6.07) is 7.43. The number of aryl methyl sites for hydroxylation is 1. The van der Waals surface area contributed by atoms with E-state index in [1.54, 1.807) is 23.5 Å². The van der Waals surface area contributed by atoms with Crippen LogP contribution in [0.5, 0.6) is 0 Å². The van der Waals surface area contributed by atoms with E-state index in [1.807, 2.05) is 13.0 Å². The van der Waals surface area contributed by atoms with Crippen LogP contribution in [0.25, 0.3) is 0 Å². The Bertz CT molecular complexity index is 551. The molecule has 0 aliphatic carbocycles. The minimum absolute atomic E-state index is 0.257. The fraction of sp³-hybridized carbons (Fsp3) is 0.167. The van der Waals surface area contributed by atoms with E-state index in [0.717, 1.165) is 14.9 Å². The third kappa shape index (κ3) is 2.99. The molecule has 0 nitrogen and oxygen atoms in total. The molecule has 1 atom stereocenters. The summed E-state index contributed by atoms with van der Waals surface area (Å²) in [5, 5.41) is 0.951. The van der Waals surface area contributed by atoms with Crippen LogP contribution in [0.4, 0.5) is 0 Å². The molecule has 1 heterocycles. The highest BCUT2D eigenvalue weighted by atomic mass is 79.9. The van der Waals surface area contributed by atoms with Gasteiger partial charge in [0.05, 0.1) is 5.38 Å². The van der Waals surface area contributed by atoms with Crippen molar-refractivity contribution < 1.29 is 0 Å². The lowest BCUT2D eigenvalue weighted by molar-refractivity contribution is 1.17. The molecule has 0 saturated carbocycles. The van der Waals surface area contributed by atoms with Gasteiger partial charge in [-0.2, -0.15) is 0 Å². The lowest BCUT2D eigenvalue weighted by Gasteiger charge is -2.11. The van der Waals surface area contributed by atoms with E-state index in [-0.39, 0.29) is 5.38 Å². The zero-order chi connectivity index (χ0) is 12.6. The van der Waals surface area contributed by atoms with Crippen LogP contribution in [0.15, 0.2) is 28.7 Å². The third-order valence-corrected chi connectivity index (χ3v) is 5.48. The second-order valence-corrected chi connectivity index (χ2v) is 7.02. The molecule has 17 heavy (non-hydrogen) atoms. The van der Waals surface area contributed by atoms with Gasteiger partial charge in [0, 0.05) is 24.3 Å². The topological polar surface area (TPSA) is 0 Å². The summed E-state index contributed by atoms with van der Waals surface area (Å²) in [6.45, 7) is 2.05. The van der Waals surface area contributed by atoms with Crippen LogP contribution in [0.1, 0.15) is 20.7 Å². The van der Waals surface area contributed by atoms with E-state index in [9.17, 15) is 0 Å². The van der Waals surface area contributed by atoms with Gasteiger partial charge in [-0.25, -0.2) is 0 Å². The summed E-state index contributed by atoms with van der Waals surface area (Å²) in [5.74, 6) is 0. The number of alkyl halides is 1. The second-order valence-electron chi connectivity index (χ2n) is 3.60. The van der Waals surface area contributed by atoms with Crippen LogP contribution in [-0.4, -0.2) is 0 Å². The fourth-order valence-electron chi connectivity index (χ4n) is 1.52. The standard InChI is InChI=1S/C12H8BrCl3S/c1-6-4-9(13)12(17-6)11(16)8-3-2-7(14)5-10(8)15/h2-5,11H,1H3. The number of thiophene rings is 1. The maximum Gasteiger partial charge on any atom is 0.0953 e. The summed E-state index contributed by atoms with van der Waals surface area (Å²) in [7, 11) is 0. The molecule has 2 rings (SSSR count). The Morgan fingerprint density at radius 3 is 2.47 bits per heavy atom. The molecule has 0 bridgehead atoms. The maximum absolute atomic E-state index is 6.46. The van der Waals surface area contributed by atoms with Crippen molar-refractivity contribution in [2.45, 2.75) is 12.3 Å². The van der Waals surface area contributed by atoms with E-state index >= 15 is 0 Å². The van der Waals surface area contributed by atoms with E-state index < -0.39 is 0 Å². The first kappa shape index (κ1) is 13.7. The molecule has 0 radical (unpaired) electrons. The lowest BCUT2D eigenvalue weighted by Crippen LogP contribution is -1.92. The summed E-state index contributed by atoms with van der Waals surface area (Å²) in [5.41, 5.74) is 0.875. The predicted octanol–water partition coefficient (Wildman–Crippen LogP) is 6.45. The Kier molecular flexibility index (Phi) is 4.43. The quantitative estimate of drug-likeness (QED) is 0.533. The highest BCUT2D eigenvalue weighted by Crippen LogP contribution is 2.41. The molecule has 0 spiro atoms. The smallest absolute Gasteiger partial charge is 0.0953 e. The average molecular weight is 371 g/mol. The van der Waals surface area contributed by atoms with Crippen molar-refractivity contribution in [3.63, 3.8) is 0 Å². The maximum atomic E-state index is 6.46. The first-order valence-corrected chi connectivity index (χ1v) is 7.64. The zero-order valence-corrected chi connectivity index (χ0v) is 13.5. The van der Waals surface area contributed by atoms with Gasteiger partial charge in [-0.1, -0.05) is 29.3 Å². The van der Waals surface area contributed by atoms with Crippen molar-refractivity contribution in [3.8, 4) is 0 Å². The number of rotatable bonds is 2. The number of hydrogen-bond acceptors (Lipinski definition) is 1. The summed E-state index contributed by atoms with van der Waals surface area (Å²) in [4.78, 5) is 2.27. The van der Waals surface area contributed by atoms with E-state index in [1.165, 1.54) is 4.88 Å². The largest absolute Gasteiger partial charge is 0.143 e. The summed E-state index contributed by atoms with van der Waals surface area (Å²) < 4.78 is 1.02. The minimum atomic E-state index is -0.257.